The van der Waals surface area contributed by atoms with Gasteiger partial charge >= 0.3 is 96.4 Å². The summed E-state index contributed by atoms with van der Waals surface area (Å²) in [6, 6.07) is 13.0. The minimum Gasteiger partial charge on any atom is -0.195 e. The molecule has 13 heteroatoms. The van der Waals surface area contributed by atoms with Crippen LogP contribution in [0.4, 0.5) is 5.69 Å². The number of rotatable bonds is 2. The Hall–Kier alpha value is -1.19. The minimum atomic E-state index is -5.09. The Morgan fingerprint density at radius 3 is 1.85 bits per heavy atom. The molecule has 0 heterocycles. The predicted molar refractivity (Wildman–Crippen MR) is 105 cm³/mol. The third-order valence-electron chi connectivity index (χ3n) is 2.34. The molecule has 150 valence electrons. The average Bonchev–Trinajstić information content (AvgIpc) is 2.45. The van der Waals surface area contributed by atoms with Gasteiger partial charge in [-0.05, 0) is 12.1 Å². The number of aromatic hydroxyl groups is 1. The molecular formula is C14H15AsCl3NO7S. The van der Waals surface area contributed by atoms with E-state index in [0.717, 1.165) is 17.2 Å². The first kappa shape index (κ1) is 25.8. The summed E-state index contributed by atoms with van der Waals surface area (Å²) in [5, 5.41) is 12.5. The number of hydrogen-bond donors (Lipinski definition) is 4. The minimum absolute atomic E-state index is 0.285. The molecule has 4 N–H and O–H groups in total. The number of hydrogen-bond acceptors (Lipinski definition) is 5. The third-order valence-corrected chi connectivity index (χ3v) is 4.70. The van der Waals surface area contributed by atoms with Gasteiger partial charge in [-0.2, -0.15) is 8.42 Å². The zero-order valence-electron chi connectivity index (χ0n) is 13.6. The molecule has 0 aromatic heterocycles. The number of anilines is 1. The van der Waals surface area contributed by atoms with E-state index in [1.165, 1.54) is 13.0 Å². The standard InChI is InChI=1S/C8H10AsNO5.C6H5Cl.Cl2O2S/c1-5(11)10-6-2-3-7(8(12)4-6)9(13,14)15;7-6-4-2-1-3-5-6;1-5(2,3)4/h2-4,12H,1H3,(H,10,11)(H2,13,14,15);1-5H;. The van der Waals surface area contributed by atoms with Gasteiger partial charge in [0.05, 0.1) is 0 Å². The maximum atomic E-state index is 10.9. The van der Waals surface area contributed by atoms with Crippen molar-refractivity contribution in [3.05, 3.63) is 53.6 Å². The van der Waals surface area contributed by atoms with E-state index in [9.17, 15) is 13.6 Å². The van der Waals surface area contributed by atoms with Crippen LogP contribution in [0, 0.1) is 0 Å². The second kappa shape index (κ2) is 11.6. The fourth-order valence-electron chi connectivity index (χ4n) is 1.47. The molecule has 0 aliphatic heterocycles. The summed E-state index contributed by atoms with van der Waals surface area (Å²) in [5.41, 5.74) is 0.285. The van der Waals surface area contributed by atoms with E-state index in [-0.39, 0.29) is 11.6 Å². The zero-order chi connectivity index (χ0) is 21.3. The number of amides is 1. The molecule has 1 amide bonds. The van der Waals surface area contributed by atoms with Gasteiger partial charge in [0.2, 0.25) is 0 Å². The maximum Gasteiger partial charge on any atom is 0.317 e. The van der Waals surface area contributed by atoms with Crippen LogP contribution in [0.3, 0.4) is 0 Å². The largest absolute Gasteiger partial charge is 0.317 e. The summed E-state index contributed by atoms with van der Waals surface area (Å²) in [5.74, 6) is -0.850. The van der Waals surface area contributed by atoms with Crippen molar-refractivity contribution in [2.75, 3.05) is 5.32 Å². The second-order valence-electron chi connectivity index (χ2n) is 4.60. The number of phenols is 1. The summed E-state index contributed by atoms with van der Waals surface area (Å²) < 4.78 is 46.6. The molecular weight excluding hydrogens is 508 g/mol. The van der Waals surface area contributed by atoms with Gasteiger partial charge in [0.15, 0.2) is 0 Å². The first-order valence-electron chi connectivity index (χ1n) is 6.71. The van der Waals surface area contributed by atoms with Gasteiger partial charge in [-0.15, -0.1) is 0 Å². The van der Waals surface area contributed by atoms with Crippen LogP contribution in [0.25, 0.3) is 0 Å². The van der Waals surface area contributed by atoms with Crippen molar-refractivity contribution in [2.45, 2.75) is 6.92 Å². The average molecular weight is 523 g/mol. The fourth-order valence-corrected chi connectivity index (χ4v) is 2.94. The van der Waals surface area contributed by atoms with Crippen LogP contribution in [0.1, 0.15) is 6.92 Å². The Morgan fingerprint density at radius 1 is 1.07 bits per heavy atom. The van der Waals surface area contributed by atoms with E-state index in [4.69, 9.17) is 28.2 Å². The van der Waals surface area contributed by atoms with Crippen molar-refractivity contribution in [3.63, 3.8) is 0 Å². The Kier molecular flexibility index (Phi) is 11.1. The zero-order valence-corrected chi connectivity index (χ0v) is 18.5. The quantitative estimate of drug-likeness (QED) is 0.349. The summed E-state index contributed by atoms with van der Waals surface area (Å²) in [6.07, 6.45) is 0. The van der Waals surface area contributed by atoms with Gasteiger partial charge in [-0.1, -0.05) is 29.8 Å². The van der Waals surface area contributed by atoms with E-state index in [1.54, 1.807) is 0 Å². The summed E-state index contributed by atoms with van der Waals surface area (Å²) in [4.78, 5) is 10.7. The van der Waals surface area contributed by atoms with Crippen LogP contribution in [-0.4, -0.2) is 41.8 Å². The Labute approximate surface area is 172 Å². The van der Waals surface area contributed by atoms with E-state index < -0.39 is 32.5 Å². The first-order valence-corrected chi connectivity index (χ1v) is 13.6. The van der Waals surface area contributed by atoms with Crippen LogP contribution in [0.2, 0.25) is 5.02 Å². The van der Waals surface area contributed by atoms with E-state index in [0.29, 0.717) is 0 Å². The predicted octanol–water partition coefficient (Wildman–Crippen LogP) is 1.96. The molecule has 0 atom stereocenters. The monoisotopic (exact) mass is 521 g/mol. The van der Waals surface area contributed by atoms with Crippen LogP contribution >= 0.6 is 33.0 Å². The van der Waals surface area contributed by atoms with Crippen molar-refractivity contribution in [1.29, 1.82) is 0 Å². The fraction of sp³-hybridized carbons (Fsp3) is 0.0714. The number of benzene rings is 2. The van der Waals surface area contributed by atoms with Crippen molar-refractivity contribution < 1.29 is 30.2 Å². The molecule has 0 radical (unpaired) electrons. The molecule has 0 saturated carbocycles. The van der Waals surface area contributed by atoms with Gasteiger partial charge in [0.25, 0.3) is 0 Å². The Bertz CT molecular complexity index is 896. The molecule has 8 nitrogen and oxygen atoms in total. The number of nitrogens with one attached hydrogen (secondary N) is 1. The smallest absolute Gasteiger partial charge is 0.195 e. The summed E-state index contributed by atoms with van der Waals surface area (Å²) in [6.45, 7) is 1.29. The molecule has 2 rings (SSSR count). The third kappa shape index (κ3) is 14.5. The van der Waals surface area contributed by atoms with E-state index in [2.05, 4.69) is 26.7 Å². The van der Waals surface area contributed by atoms with Gasteiger partial charge in [0, 0.05) is 26.4 Å². The Balaban J connectivity index is 0.000000463. The molecule has 0 bridgehead atoms. The molecule has 0 spiro atoms. The summed E-state index contributed by atoms with van der Waals surface area (Å²) in [7, 11) is 4.81. The molecule has 0 saturated heterocycles. The van der Waals surface area contributed by atoms with Crippen molar-refractivity contribution in [2.24, 2.45) is 0 Å². The molecule has 2 aromatic carbocycles. The van der Waals surface area contributed by atoms with Crippen molar-refractivity contribution in [1.82, 2.24) is 0 Å². The Morgan fingerprint density at radius 2 is 1.56 bits per heavy atom. The number of halogens is 3. The maximum absolute atomic E-state index is 10.9. The normalized spacial score (nSPS) is 10.6. The molecule has 0 aliphatic carbocycles. The summed E-state index contributed by atoms with van der Waals surface area (Å²) >= 11 is 0.453. The molecule has 0 unspecified atom stereocenters. The van der Waals surface area contributed by atoms with Crippen molar-refractivity contribution in [3.8, 4) is 5.75 Å². The second-order valence-corrected chi connectivity index (χ2v) is 12.0. The molecule has 0 fully saturated rings. The van der Waals surface area contributed by atoms with Crippen LogP contribution in [0.15, 0.2) is 48.5 Å². The van der Waals surface area contributed by atoms with Gasteiger partial charge in [-0.3, -0.25) is 0 Å². The van der Waals surface area contributed by atoms with Gasteiger partial charge in [-0.25, -0.2) is 0 Å². The molecule has 2 aromatic rings. The van der Waals surface area contributed by atoms with E-state index >= 15 is 0 Å². The van der Waals surface area contributed by atoms with Crippen LogP contribution < -0.4 is 9.67 Å². The topological polar surface area (TPSA) is 141 Å². The van der Waals surface area contributed by atoms with Crippen LogP contribution in [0.5, 0.6) is 5.75 Å². The SMILES string of the molecule is CC(=O)Nc1ccc([As](=O)(O)O)c(O)c1.Clc1ccccc1.O=S(=O)(Cl)Cl. The van der Waals surface area contributed by atoms with Gasteiger partial charge in [0.1, 0.15) is 0 Å². The number of carbonyl (C=O) groups is 1. The van der Waals surface area contributed by atoms with Crippen molar-refractivity contribution >= 4 is 71.3 Å². The number of carbonyl (C=O) groups excluding carboxylic acids is 1. The molecule has 27 heavy (non-hydrogen) atoms. The number of phenolic OH excluding ortho intramolecular Hbond substituents is 1. The van der Waals surface area contributed by atoms with E-state index in [1.807, 2.05) is 30.3 Å². The van der Waals surface area contributed by atoms with Gasteiger partial charge < -0.3 is 0 Å². The van der Waals surface area contributed by atoms with Crippen LogP contribution in [-0.2, 0) is 16.8 Å². The first-order chi connectivity index (χ1) is 12.2. The molecule has 0 aliphatic rings.